The van der Waals surface area contributed by atoms with E-state index in [1.54, 1.807) is 23.1 Å². The highest BCUT2D eigenvalue weighted by molar-refractivity contribution is 7.98. The Morgan fingerprint density at radius 1 is 1.17 bits per heavy atom. The molecule has 6 heteroatoms. The maximum absolute atomic E-state index is 13.3. The largest absolute Gasteiger partial charge is 0.331 e. The van der Waals surface area contributed by atoms with E-state index in [0.29, 0.717) is 12.8 Å². The Kier molecular flexibility index (Phi) is 6.01. The molecule has 1 aromatic carbocycles. The summed E-state index contributed by atoms with van der Waals surface area (Å²) in [6.07, 6.45) is 4.08. The molecule has 3 heterocycles. The third-order valence-electron chi connectivity index (χ3n) is 5.57. The highest BCUT2D eigenvalue weighted by atomic mass is 32.2. The summed E-state index contributed by atoms with van der Waals surface area (Å²) in [6.45, 7) is 4.80. The van der Waals surface area contributed by atoms with Crippen molar-refractivity contribution in [2.45, 2.75) is 44.3 Å². The number of thiophene rings is 1. The fraction of sp³-hybridized carbons (Fsp3) is 0.348. The average molecular weight is 424 g/mol. The molecular formula is C23H25N3OS2. The first-order valence-electron chi connectivity index (χ1n) is 9.87. The quantitative estimate of drug-likeness (QED) is 0.429. The molecule has 3 aromatic rings. The Hall–Kier alpha value is -2.18. The van der Waals surface area contributed by atoms with Gasteiger partial charge in [-0.15, -0.1) is 11.3 Å². The predicted octanol–water partition coefficient (Wildman–Crippen LogP) is 4.98. The maximum atomic E-state index is 13.3. The molecule has 4 rings (SSSR count). The third kappa shape index (κ3) is 4.09. The molecular weight excluding hydrogens is 398 g/mol. The van der Waals surface area contributed by atoms with E-state index in [-0.39, 0.29) is 11.9 Å². The number of fused-ring (bicyclic) bond motifs is 1. The summed E-state index contributed by atoms with van der Waals surface area (Å²) < 4.78 is 0. The number of thioether (sulfide) groups is 1. The smallest absolute Gasteiger partial charge is 0.223 e. The second-order valence-corrected chi connectivity index (χ2v) is 9.08. The standard InChI is InChI=1S/C23H25N3OS2/c1-15-18(16(2)25-23(24-15)28-3)9-10-21(27)26-13-11-20-19(12-14-29-20)22(26)17-7-5-4-6-8-17/h4-8,12,14,22H,9-11,13H2,1-3H3. The van der Waals surface area contributed by atoms with Crippen molar-refractivity contribution in [3.63, 3.8) is 0 Å². The Balaban J connectivity index is 1.57. The number of carbonyl (C=O) groups excluding carboxylic acids is 1. The first kappa shape index (κ1) is 20.1. The number of hydrogen-bond donors (Lipinski definition) is 0. The van der Waals surface area contributed by atoms with Gasteiger partial charge >= 0.3 is 0 Å². The van der Waals surface area contributed by atoms with E-state index < -0.39 is 0 Å². The van der Waals surface area contributed by atoms with Gasteiger partial charge in [-0.1, -0.05) is 42.1 Å². The van der Waals surface area contributed by atoms with Crippen molar-refractivity contribution in [3.05, 3.63) is 74.7 Å². The van der Waals surface area contributed by atoms with Crippen LogP contribution in [0.15, 0.2) is 46.9 Å². The summed E-state index contributed by atoms with van der Waals surface area (Å²) in [5.74, 6) is 0.198. The summed E-state index contributed by atoms with van der Waals surface area (Å²) >= 11 is 3.35. The minimum absolute atomic E-state index is 0.0102. The molecule has 0 aliphatic carbocycles. The lowest BCUT2D eigenvalue weighted by Crippen LogP contribution is -2.40. The van der Waals surface area contributed by atoms with Crippen LogP contribution in [-0.4, -0.2) is 33.6 Å². The minimum Gasteiger partial charge on any atom is -0.331 e. The topological polar surface area (TPSA) is 46.1 Å². The van der Waals surface area contributed by atoms with Crippen molar-refractivity contribution in [2.24, 2.45) is 0 Å². The summed E-state index contributed by atoms with van der Waals surface area (Å²) in [6, 6.07) is 12.6. The molecule has 0 fully saturated rings. The predicted molar refractivity (Wildman–Crippen MR) is 120 cm³/mol. The lowest BCUT2D eigenvalue weighted by atomic mass is 9.92. The first-order chi connectivity index (χ1) is 14.1. The lowest BCUT2D eigenvalue weighted by Gasteiger charge is -2.36. The van der Waals surface area contributed by atoms with E-state index in [0.717, 1.165) is 35.1 Å². The van der Waals surface area contributed by atoms with Gasteiger partial charge in [-0.3, -0.25) is 4.79 Å². The van der Waals surface area contributed by atoms with Crippen LogP contribution in [0.2, 0.25) is 0 Å². The summed E-state index contributed by atoms with van der Waals surface area (Å²) in [5.41, 5.74) is 5.52. The molecule has 0 saturated carbocycles. The molecule has 0 saturated heterocycles. The number of benzene rings is 1. The van der Waals surface area contributed by atoms with Crippen molar-refractivity contribution < 1.29 is 4.79 Å². The van der Waals surface area contributed by atoms with Gasteiger partial charge in [-0.05, 0) is 61.1 Å². The van der Waals surface area contributed by atoms with Gasteiger partial charge in [0.2, 0.25) is 5.91 Å². The molecule has 1 aliphatic heterocycles. The normalized spacial score (nSPS) is 16.0. The Morgan fingerprint density at radius 3 is 2.59 bits per heavy atom. The zero-order chi connectivity index (χ0) is 20.4. The Bertz CT molecular complexity index is 993. The fourth-order valence-corrected chi connectivity index (χ4v) is 5.48. The summed E-state index contributed by atoms with van der Waals surface area (Å²) in [7, 11) is 0. The summed E-state index contributed by atoms with van der Waals surface area (Å²) in [4.78, 5) is 25.9. The molecule has 0 radical (unpaired) electrons. The maximum Gasteiger partial charge on any atom is 0.223 e. The molecule has 0 N–H and O–H groups in total. The van der Waals surface area contributed by atoms with Gasteiger partial charge in [0.15, 0.2) is 5.16 Å². The van der Waals surface area contributed by atoms with Crippen LogP contribution in [-0.2, 0) is 17.6 Å². The van der Waals surface area contributed by atoms with E-state index in [9.17, 15) is 4.79 Å². The Labute approximate surface area is 180 Å². The molecule has 1 amide bonds. The number of hydrogen-bond acceptors (Lipinski definition) is 5. The fourth-order valence-electron chi connectivity index (χ4n) is 4.12. The molecule has 0 spiro atoms. The second-order valence-electron chi connectivity index (χ2n) is 7.31. The van der Waals surface area contributed by atoms with Gasteiger partial charge in [-0.25, -0.2) is 9.97 Å². The zero-order valence-electron chi connectivity index (χ0n) is 17.0. The number of aromatic nitrogens is 2. The highest BCUT2D eigenvalue weighted by Crippen LogP contribution is 2.38. The van der Waals surface area contributed by atoms with Gasteiger partial charge in [0.05, 0.1) is 6.04 Å². The van der Waals surface area contributed by atoms with Crippen LogP contribution in [0.3, 0.4) is 0 Å². The zero-order valence-corrected chi connectivity index (χ0v) is 18.6. The molecule has 0 bridgehead atoms. The molecule has 1 atom stereocenters. The van der Waals surface area contributed by atoms with Crippen LogP contribution in [0, 0.1) is 13.8 Å². The van der Waals surface area contributed by atoms with Crippen molar-refractivity contribution in [1.82, 2.24) is 14.9 Å². The molecule has 1 aliphatic rings. The van der Waals surface area contributed by atoms with E-state index in [4.69, 9.17) is 0 Å². The summed E-state index contributed by atoms with van der Waals surface area (Å²) in [5, 5.41) is 2.94. The monoisotopic (exact) mass is 423 g/mol. The van der Waals surface area contributed by atoms with Crippen molar-refractivity contribution in [1.29, 1.82) is 0 Å². The van der Waals surface area contributed by atoms with Crippen LogP contribution >= 0.6 is 23.1 Å². The van der Waals surface area contributed by atoms with E-state index in [1.165, 1.54) is 16.0 Å². The van der Waals surface area contributed by atoms with E-state index >= 15 is 0 Å². The highest BCUT2D eigenvalue weighted by Gasteiger charge is 2.32. The van der Waals surface area contributed by atoms with E-state index in [1.807, 2.05) is 26.2 Å². The lowest BCUT2D eigenvalue weighted by molar-refractivity contribution is -0.133. The van der Waals surface area contributed by atoms with Crippen LogP contribution in [0.4, 0.5) is 0 Å². The van der Waals surface area contributed by atoms with Gasteiger partial charge in [0.1, 0.15) is 0 Å². The second kappa shape index (κ2) is 8.67. The average Bonchev–Trinajstić information content (AvgIpc) is 3.21. The Morgan fingerprint density at radius 2 is 1.90 bits per heavy atom. The van der Waals surface area contributed by atoms with Crippen LogP contribution in [0.1, 0.15) is 45.4 Å². The van der Waals surface area contributed by atoms with Gasteiger partial charge in [-0.2, -0.15) is 0 Å². The van der Waals surface area contributed by atoms with Crippen LogP contribution in [0.5, 0.6) is 0 Å². The van der Waals surface area contributed by atoms with Crippen molar-refractivity contribution in [3.8, 4) is 0 Å². The molecule has 29 heavy (non-hydrogen) atoms. The van der Waals surface area contributed by atoms with Crippen LogP contribution in [0.25, 0.3) is 0 Å². The van der Waals surface area contributed by atoms with Gasteiger partial charge in [0, 0.05) is 29.2 Å². The molecule has 2 aromatic heterocycles. The van der Waals surface area contributed by atoms with Crippen LogP contribution < -0.4 is 0 Å². The van der Waals surface area contributed by atoms with Gasteiger partial charge in [0.25, 0.3) is 0 Å². The number of amides is 1. The van der Waals surface area contributed by atoms with Crippen molar-refractivity contribution >= 4 is 29.0 Å². The first-order valence-corrected chi connectivity index (χ1v) is 12.0. The number of nitrogens with zero attached hydrogens (tertiary/aromatic N) is 3. The van der Waals surface area contributed by atoms with Gasteiger partial charge < -0.3 is 4.90 Å². The molecule has 1 unspecified atom stereocenters. The third-order valence-corrected chi connectivity index (χ3v) is 7.12. The minimum atomic E-state index is 0.0102. The number of rotatable bonds is 5. The number of carbonyl (C=O) groups is 1. The number of aryl methyl sites for hydroxylation is 2. The molecule has 4 nitrogen and oxygen atoms in total. The SMILES string of the molecule is CSc1nc(C)c(CCC(=O)N2CCc3sccc3C2c2ccccc2)c(C)n1. The van der Waals surface area contributed by atoms with E-state index in [2.05, 4.69) is 50.6 Å². The molecule has 150 valence electrons. The van der Waals surface area contributed by atoms with Crippen molar-refractivity contribution in [2.75, 3.05) is 12.8 Å².